The van der Waals surface area contributed by atoms with Gasteiger partial charge in [-0.05, 0) is 36.9 Å². The predicted octanol–water partition coefficient (Wildman–Crippen LogP) is 2.26. The molecule has 2 aromatic rings. The summed E-state index contributed by atoms with van der Waals surface area (Å²) in [6, 6.07) is 6.27. The Morgan fingerprint density at radius 2 is 2.00 bits per heavy atom. The first kappa shape index (κ1) is 14.5. The topological polar surface area (TPSA) is 94.8 Å². The van der Waals surface area contributed by atoms with Crippen molar-refractivity contribution < 1.29 is 24.9 Å². The summed E-state index contributed by atoms with van der Waals surface area (Å²) in [6.45, 7) is 2.80. The first-order chi connectivity index (χ1) is 10.2. The predicted molar refractivity (Wildman–Crippen MR) is 80.3 cm³/mol. The first-order valence-corrected chi connectivity index (χ1v) is 6.97. The Morgan fingerprint density at radius 3 is 2.64 bits per heavy atom. The average Bonchev–Trinajstić information content (AvgIpc) is 2.35. The van der Waals surface area contributed by atoms with Crippen LogP contribution in [-0.2, 0) is 4.79 Å². The van der Waals surface area contributed by atoms with Crippen molar-refractivity contribution in [2.45, 2.75) is 31.8 Å². The minimum absolute atomic E-state index is 0.0146. The van der Waals surface area contributed by atoms with Gasteiger partial charge in [-0.3, -0.25) is 9.59 Å². The van der Waals surface area contributed by atoms with Gasteiger partial charge in [0.2, 0.25) is 0 Å². The monoisotopic (exact) mass is 300 g/mol. The number of aliphatic hydroxyl groups is 1. The van der Waals surface area contributed by atoms with Gasteiger partial charge in [-0.1, -0.05) is 12.1 Å². The number of Topliss-reactive ketones (excluding diaryl/α,β-unsaturated/α-hetero) is 2. The van der Waals surface area contributed by atoms with Crippen molar-refractivity contribution in [1.29, 1.82) is 0 Å². The fraction of sp³-hybridized carbons (Fsp3) is 0.294. The van der Waals surface area contributed by atoms with E-state index in [0.717, 1.165) is 0 Å². The number of phenols is 2. The van der Waals surface area contributed by atoms with Crippen LogP contribution in [0.3, 0.4) is 0 Å². The molecule has 0 bridgehead atoms. The smallest absolute Gasteiger partial charge is 0.169 e. The van der Waals surface area contributed by atoms with Crippen LogP contribution >= 0.6 is 0 Å². The fourth-order valence-electron chi connectivity index (χ4n) is 3.47. The van der Waals surface area contributed by atoms with Crippen LogP contribution in [0.2, 0.25) is 0 Å². The summed E-state index contributed by atoms with van der Waals surface area (Å²) in [5.41, 5.74) is -1.17. The molecule has 3 rings (SSSR count). The van der Waals surface area contributed by atoms with Gasteiger partial charge in [-0.25, -0.2) is 0 Å². The largest absolute Gasteiger partial charge is 0.507 e. The number of carbonyl (C=O) groups excluding carboxylic acids is 2. The molecule has 0 aromatic heterocycles. The van der Waals surface area contributed by atoms with Gasteiger partial charge in [0.05, 0.1) is 22.5 Å². The van der Waals surface area contributed by atoms with Crippen LogP contribution in [0.5, 0.6) is 11.5 Å². The number of carbonyl (C=O) groups is 2. The molecule has 114 valence electrons. The molecule has 0 spiro atoms. The molecule has 5 nitrogen and oxygen atoms in total. The maximum absolute atomic E-state index is 12.3. The molecule has 0 radical (unpaired) electrons. The van der Waals surface area contributed by atoms with E-state index in [1.54, 1.807) is 18.2 Å². The molecule has 0 fully saturated rings. The summed E-state index contributed by atoms with van der Waals surface area (Å²) in [5.74, 6) is -2.09. The molecular formula is C17H16O5. The van der Waals surface area contributed by atoms with Gasteiger partial charge < -0.3 is 15.3 Å². The van der Waals surface area contributed by atoms with Gasteiger partial charge in [0, 0.05) is 6.42 Å². The highest BCUT2D eigenvalue weighted by atomic mass is 16.3. The van der Waals surface area contributed by atoms with Crippen molar-refractivity contribution in [3.8, 4) is 11.5 Å². The molecule has 0 aliphatic heterocycles. The highest BCUT2D eigenvalue weighted by molar-refractivity contribution is 6.11. The lowest BCUT2D eigenvalue weighted by molar-refractivity contribution is -0.124. The number of aromatic hydroxyl groups is 2. The van der Waals surface area contributed by atoms with Crippen LogP contribution in [0.4, 0.5) is 0 Å². The highest BCUT2D eigenvalue weighted by Gasteiger charge is 2.45. The molecule has 2 atom stereocenters. The number of fused-ring (bicyclic) bond motifs is 2. The van der Waals surface area contributed by atoms with Gasteiger partial charge >= 0.3 is 0 Å². The Balaban J connectivity index is 2.44. The Bertz CT molecular complexity index is 819. The standard InChI is InChI=1S/C17H16O5/c1-8(18)15-10-6-9-4-3-5-11(19)13(9)16(21)14(10)12(20)7-17(15,2)22/h3-6,15,19,21-22H,7H2,1-2H3/t15-,17+/m1/s1. The van der Waals surface area contributed by atoms with Crippen LogP contribution in [-0.4, -0.2) is 32.5 Å². The Labute approximate surface area is 126 Å². The molecule has 0 amide bonds. The molecule has 22 heavy (non-hydrogen) atoms. The summed E-state index contributed by atoms with van der Waals surface area (Å²) in [6.07, 6.45) is -0.253. The average molecular weight is 300 g/mol. The van der Waals surface area contributed by atoms with Crippen LogP contribution in [0.25, 0.3) is 10.8 Å². The van der Waals surface area contributed by atoms with Crippen molar-refractivity contribution in [2.24, 2.45) is 0 Å². The normalized spacial score (nSPS) is 24.3. The Morgan fingerprint density at radius 1 is 1.32 bits per heavy atom. The van der Waals surface area contributed by atoms with Crippen molar-refractivity contribution >= 4 is 22.3 Å². The zero-order valence-electron chi connectivity index (χ0n) is 12.3. The maximum Gasteiger partial charge on any atom is 0.169 e. The summed E-state index contributed by atoms with van der Waals surface area (Å²) in [5, 5.41) is 31.5. The number of ketones is 2. The summed E-state index contributed by atoms with van der Waals surface area (Å²) < 4.78 is 0. The van der Waals surface area contributed by atoms with E-state index in [1.165, 1.54) is 19.9 Å². The fourth-order valence-corrected chi connectivity index (χ4v) is 3.47. The van der Waals surface area contributed by atoms with E-state index < -0.39 is 17.3 Å². The molecule has 1 aliphatic rings. The van der Waals surface area contributed by atoms with Crippen LogP contribution in [0, 0.1) is 0 Å². The number of benzene rings is 2. The third-order valence-electron chi connectivity index (χ3n) is 4.28. The van der Waals surface area contributed by atoms with E-state index >= 15 is 0 Å². The molecule has 0 saturated carbocycles. The molecule has 1 aliphatic carbocycles. The molecule has 0 heterocycles. The van der Waals surface area contributed by atoms with Crippen molar-refractivity contribution in [3.63, 3.8) is 0 Å². The van der Waals surface area contributed by atoms with Crippen molar-refractivity contribution in [2.75, 3.05) is 0 Å². The van der Waals surface area contributed by atoms with Crippen molar-refractivity contribution in [3.05, 3.63) is 35.4 Å². The third-order valence-corrected chi connectivity index (χ3v) is 4.28. The van der Waals surface area contributed by atoms with Gasteiger partial charge in [0.1, 0.15) is 17.3 Å². The first-order valence-electron chi connectivity index (χ1n) is 6.97. The minimum Gasteiger partial charge on any atom is -0.507 e. The van der Waals surface area contributed by atoms with Crippen molar-refractivity contribution in [1.82, 2.24) is 0 Å². The second-order valence-electron chi connectivity index (χ2n) is 6.07. The second-order valence-corrected chi connectivity index (χ2v) is 6.07. The van der Waals surface area contributed by atoms with E-state index in [9.17, 15) is 24.9 Å². The van der Waals surface area contributed by atoms with E-state index in [1.807, 2.05) is 0 Å². The number of hydrogen-bond acceptors (Lipinski definition) is 5. The molecular weight excluding hydrogens is 284 g/mol. The molecule has 5 heteroatoms. The van der Waals surface area contributed by atoms with Gasteiger partial charge in [-0.15, -0.1) is 0 Å². The lowest BCUT2D eigenvalue weighted by Gasteiger charge is -2.36. The zero-order valence-corrected chi connectivity index (χ0v) is 12.3. The maximum atomic E-state index is 12.3. The molecule has 0 saturated heterocycles. The van der Waals surface area contributed by atoms with Gasteiger partial charge in [-0.2, -0.15) is 0 Å². The second kappa shape index (κ2) is 4.55. The van der Waals surface area contributed by atoms with E-state index in [2.05, 4.69) is 0 Å². The molecule has 3 N–H and O–H groups in total. The lowest BCUT2D eigenvalue weighted by Crippen LogP contribution is -2.43. The zero-order chi connectivity index (χ0) is 16.2. The Kier molecular flexibility index (Phi) is 3.00. The van der Waals surface area contributed by atoms with Crippen LogP contribution in [0.15, 0.2) is 24.3 Å². The SMILES string of the molecule is CC(=O)[C@@H]1c2cc3cccc(O)c3c(O)c2C(=O)C[C@]1(C)O. The van der Waals surface area contributed by atoms with Gasteiger partial charge in [0.25, 0.3) is 0 Å². The van der Waals surface area contributed by atoms with E-state index in [0.29, 0.717) is 10.9 Å². The van der Waals surface area contributed by atoms with Gasteiger partial charge in [0.15, 0.2) is 5.78 Å². The number of rotatable bonds is 1. The minimum atomic E-state index is -1.49. The van der Waals surface area contributed by atoms with Crippen LogP contribution < -0.4 is 0 Å². The molecule has 2 aromatic carbocycles. The third kappa shape index (κ3) is 1.89. The Hall–Kier alpha value is -2.40. The summed E-state index contributed by atoms with van der Waals surface area (Å²) >= 11 is 0. The number of phenolic OH excluding ortho intramolecular Hbond substituents is 2. The summed E-state index contributed by atoms with van der Waals surface area (Å²) in [7, 11) is 0. The van der Waals surface area contributed by atoms with E-state index in [4.69, 9.17) is 0 Å². The highest BCUT2D eigenvalue weighted by Crippen LogP contribution is 2.47. The van der Waals surface area contributed by atoms with Crippen LogP contribution in [0.1, 0.15) is 42.1 Å². The summed E-state index contributed by atoms with van der Waals surface area (Å²) in [4.78, 5) is 24.3. The quantitative estimate of drug-likeness (QED) is 0.751. The molecule has 0 unspecified atom stereocenters. The number of hydrogen-bond donors (Lipinski definition) is 3. The lowest BCUT2D eigenvalue weighted by atomic mass is 9.69. The van der Waals surface area contributed by atoms with E-state index in [-0.39, 0.29) is 34.7 Å².